The predicted molar refractivity (Wildman–Crippen MR) is 153 cm³/mol. The van der Waals surface area contributed by atoms with Gasteiger partial charge in [-0.25, -0.2) is 0 Å². The van der Waals surface area contributed by atoms with E-state index in [9.17, 15) is 4.79 Å². The van der Waals surface area contributed by atoms with E-state index in [1.165, 1.54) is 17.0 Å². The van der Waals surface area contributed by atoms with Crippen molar-refractivity contribution in [1.82, 2.24) is 14.9 Å². The van der Waals surface area contributed by atoms with Gasteiger partial charge in [-0.1, -0.05) is 26.8 Å². The molecule has 2 atom stereocenters. The zero-order chi connectivity index (χ0) is 27.1. The van der Waals surface area contributed by atoms with Crippen LogP contribution >= 0.6 is 12.2 Å². The first-order chi connectivity index (χ1) is 17.4. The number of benzene rings is 1. The van der Waals surface area contributed by atoms with Crippen LogP contribution in [0.15, 0.2) is 48.7 Å². The number of nitrogens with one attached hydrogen (secondary N) is 2. The van der Waals surface area contributed by atoms with Gasteiger partial charge in [0.05, 0.1) is 30.6 Å². The van der Waals surface area contributed by atoms with Crippen molar-refractivity contribution in [3.63, 3.8) is 0 Å². The Hall–Kier alpha value is -3.39. The Balaban J connectivity index is 1.83. The van der Waals surface area contributed by atoms with Crippen molar-refractivity contribution >= 4 is 34.6 Å². The number of ether oxygens (including phenoxy) is 1. The normalized spacial score (nSPS) is 17.8. The number of hydrogen-bond donors (Lipinski definition) is 2. The maximum absolute atomic E-state index is 12.6. The van der Waals surface area contributed by atoms with Crippen LogP contribution in [0.1, 0.15) is 75.4 Å². The van der Waals surface area contributed by atoms with Crippen molar-refractivity contribution in [2.75, 3.05) is 17.3 Å². The zero-order valence-corrected chi connectivity index (χ0v) is 23.7. The molecule has 1 amide bonds. The fraction of sp³-hybridized carbons (Fsp3) is 0.414. The fourth-order valence-electron chi connectivity index (χ4n) is 5.09. The number of pyridine rings is 1. The number of methoxy groups -OCH3 is 1. The summed E-state index contributed by atoms with van der Waals surface area (Å²) in [6.45, 7) is 14.4. The molecule has 3 heterocycles. The molecule has 2 N–H and O–H groups in total. The number of rotatable bonds is 6. The highest BCUT2D eigenvalue weighted by Crippen LogP contribution is 2.45. The lowest BCUT2D eigenvalue weighted by molar-refractivity contribution is -0.123. The van der Waals surface area contributed by atoms with E-state index in [4.69, 9.17) is 17.0 Å². The molecule has 0 aliphatic carbocycles. The minimum atomic E-state index is -0.524. The average molecular weight is 520 g/mol. The number of thiocarbonyl (C=S) groups is 1. The second-order valence-electron chi connectivity index (χ2n) is 10.9. The highest BCUT2D eigenvalue weighted by molar-refractivity contribution is 7.80. The predicted octanol–water partition coefficient (Wildman–Crippen LogP) is 6.25. The summed E-state index contributed by atoms with van der Waals surface area (Å²) in [6, 6.07) is 14.1. The molecule has 0 radical (unpaired) electrons. The van der Waals surface area contributed by atoms with Crippen LogP contribution in [-0.2, 0) is 4.79 Å². The Kier molecular flexibility index (Phi) is 7.33. The van der Waals surface area contributed by atoms with Gasteiger partial charge in [-0.05, 0) is 75.8 Å². The molecule has 0 bridgehead atoms. The van der Waals surface area contributed by atoms with E-state index in [0.717, 1.165) is 11.4 Å². The third kappa shape index (κ3) is 5.07. The summed E-state index contributed by atoms with van der Waals surface area (Å²) in [7, 11) is 1.61. The number of hydrogen-bond acceptors (Lipinski definition) is 4. The first-order valence-electron chi connectivity index (χ1n) is 12.6. The number of aryl methyl sites for hydroxylation is 1. The molecule has 1 fully saturated rings. The van der Waals surface area contributed by atoms with Gasteiger partial charge in [0.15, 0.2) is 5.11 Å². The van der Waals surface area contributed by atoms with Crippen LogP contribution in [0.4, 0.5) is 11.4 Å². The molecule has 0 saturated carbocycles. The van der Waals surface area contributed by atoms with Crippen LogP contribution in [0.2, 0.25) is 0 Å². The summed E-state index contributed by atoms with van der Waals surface area (Å²) in [6.07, 6.45) is 1.81. The zero-order valence-electron chi connectivity index (χ0n) is 22.9. The van der Waals surface area contributed by atoms with Gasteiger partial charge in [0.25, 0.3) is 0 Å². The van der Waals surface area contributed by atoms with Gasteiger partial charge >= 0.3 is 0 Å². The standard InChI is InChI=1S/C29H37N5O2S/c1-17(2)33-18(3)15-21(19(33)4)26-25(23-11-9-10-14-30-23)32-28(37)34(26)20-12-13-22(24(16-20)36-8)31-27(35)29(5,6)7/h9-17,25-26H,1-8H3,(H,31,35)(H,32,37). The molecule has 1 saturated heterocycles. The number of carbonyl (C=O) groups excluding carboxylic acids is 1. The monoisotopic (exact) mass is 519 g/mol. The number of aromatic nitrogens is 2. The molecular weight excluding hydrogens is 482 g/mol. The number of nitrogens with zero attached hydrogens (tertiary/aromatic N) is 3. The molecule has 3 aromatic rings. The van der Waals surface area contributed by atoms with Crippen LogP contribution in [-0.4, -0.2) is 27.7 Å². The summed E-state index contributed by atoms with van der Waals surface area (Å²) in [5.74, 6) is 0.497. The van der Waals surface area contributed by atoms with Crippen LogP contribution in [0.5, 0.6) is 5.75 Å². The van der Waals surface area contributed by atoms with E-state index in [-0.39, 0.29) is 18.0 Å². The van der Waals surface area contributed by atoms with Gasteiger partial charge in [-0.3, -0.25) is 9.78 Å². The Morgan fingerprint density at radius 1 is 1.16 bits per heavy atom. The fourth-order valence-corrected chi connectivity index (χ4v) is 5.43. The number of anilines is 2. The lowest BCUT2D eigenvalue weighted by Gasteiger charge is -2.29. The van der Waals surface area contributed by atoms with Gasteiger partial charge in [0.1, 0.15) is 5.75 Å². The van der Waals surface area contributed by atoms with Crippen molar-refractivity contribution < 1.29 is 9.53 Å². The van der Waals surface area contributed by atoms with Gasteiger partial charge in [-0.2, -0.15) is 0 Å². The first-order valence-corrected chi connectivity index (χ1v) is 13.0. The largest absolute Gasteiger partial charge is 0.494 e. The second kappa shape index (κ2) is 10.2. The third-order valence-electron chi connectivity index (χ3n) is 6.85. The molecule has 1 aromatic carbocycles. The maximum atomic E-state index is 12.6. The SMILES string of the molecule is COc1cc(N2C(=S)NC(c3ccccn3)C2c2cc(C)n(C(C)C)c2C)ccc1NC(=O)C(C)(C)C. The molecule has 0 spiro atoms. The minimum Gasteiger partial charge on any atom is -0.494 e. The molecule has 4 rings (SSSR count). The first kappa shape index (κ1) is 26.7. The second-order valence-corrected chi connectivity index (χ2v) is 11.3. The van der Waals surface area contributed by atoms with Crippen LogP contribution in [0.3, 0.4) is 0 Å². The summed E-state index contributed by atoms with van der Waals surface area (Å²) < 4.78 is 8.06. The molecule has 37 heavy (non-hydrogen) atoms. The van der Waals surface area contributed by atoms with E-state index in [1.54, 1.807) is 7.11 Å². The smallest absolute Gasteiger partial charge is 0.229 e. The number of carbonyl (C=O) groups is 1. The molecule has 7 nitrogen and oxygen atoms in total. The molecule has 1 aliphatic heterocycles. The van der Waals surface area contributed by atoms with E-state index < -0.39 is 5.41 Å². The van der Waals surface area contributed by atoms with Gasteiger partial charge in [0, 0.05) is 40.8 Å². The Morgan fingerprint density at radius 2 is 1.89 bits per heavy atom. The molecule has 1 aliphatic rings. The van der Waals surface area contributed by atoms with Crippen molar-refractivity contribution in [2.45, 2.75) is 66.6 Å². The topological polar surface area (TPSA) is 71.4 Å². The maximum Gasteiger partial charge on any atom is 0.229 e. The van der Waals surface area contributed by atoms with Gasteiger partial charge in [0.2, 0.25) is 5.91 Å². The lowest BCUT2D eigenvalue weighted by Crippen LogP contribution is -2.30. The summed E-state index contributed by atoms with van der Waals surface area (Å²) in [5.41, 5.74) is 5.50. The average Bonchev–Trinajstić information content (AvgIpc) is 3.34. The van der Waals surface area contributed by atoms with Crippen LogP contribution in [0, 0.1) is 19.3 Å². The summed E-state index contributed by atoms with van der Waals surface area (Å²) >= 11 is 5.91. The quantitative estimate of drug-likeness (QED) is 0.375. The Bertz CT molecular complexity index is 1310. The van der Waals surface area contributed by atoms with Gasteiger partial charge in [-0.15, -0.1) is 0 Å². The van der Waals surface area contributed by atoms with E-state index in [2.05, 4.69) is 58.8 Å². The molecule has 2 unspecified atom stereocenters. The Morgan fingerprint density at radius 3 is 2.46 bits per heavy atom. The van der Waals surface area contributed by atoms with Crippen molar-refractivity contribution in [1.29, 1.82) is 0 Å². The van der Waals surface area contributed by atoms with E-state index >= 15 is 0 Å². The lowest BCUT2D eigenvalue weighted by atomic mass is 9.95. The van der Waals surface area contributed by atoms with E-state index in [1.807, 2.05) is 63.4 Å². The molecule has 8 heteroatoms. The summed E-state index contributed by atoms with van der Waals surface area (Å²) in [4.78, 5) is 19.4. The molecule has 196 valence electrons. The van der Waals surface area contributed by atoms with Crippen LogP contribution in [0.25, 0.3) is 0 Å². The third-order valence-corrected chi connectivity index (χ3v) is 7.16. The molecule has 2 aromatic heterocycles. The van der Waals surface area contributed by atoms with Crippen molar-refractivity contribution in [2.24, 2.45) is 5.41 Å². The van der Waals surface area contributed by atoms with Crippen molar-refractivity contribution in [3.05, 3.63) is 71.3 Å². The summed E-state index contributed by atoms with van der Waals surface area (Å²) in [5, 5.41) is 7.14. The molecular formula is C29H37N5O2S. The van der Waals surface area contributed by atoms with Crippen LogP contribution < -0.4 is 20.3 Å². The highest BCUT2D eigenvalue weighted by Gasteiger charge is 2.42. The minimum absolute atomic E-state index is 0.0777. The van der Waals surface area contributed by atoms with Crippen molar-refractivity contribution in [3.8, 4) is 5.75 Å². The van der Waals surface area contributed by atoms with Gasteiger partial charge < -0.3 is 24.8 Å². The number of amides is 1. The highest BCUT2D eigenvalue weighted by atomic mass is 32.1. The Labute approximate surface area is 225 Å². The van der Waals surface area contributed by atoms with E-state index in [0.29, 0.717) is 22.6 Å².